The third-order valence-electron chi connectivity index (χ3n) is 11.8. The number of nitriles is 1. The average molecular weight is 819 g/mol. The molecule has 60 heavy (non-hydrogen) atoms. The zero-order valence-electron chi connectivity index (χ0n) is 35.9. The number of allylic oxidation sites excluding steroid dienone is 1. The highest BCUT2D eigenvalue weighted by Crippen LogP contribution is 2.62. The molecule has 1 saturated carbocycles. The van der Waals surface area contributed by atoms with E-state index in [1.807, 2.05) is 69.9 Å². The summed E-state index contributed by atoms with van der Waals surface area (Å²) in [6, 6.07) is 20.1. The Balaban J connectivity index is 1.59. The largest absolute Gasteiger partial charge is 0.487 e. The van der Waals surface area contributed by atoms with Gasteiger partial charge < -0.3 is 34.2 Å². The van der Waals surface area contributed by atoms with Gasteiger partial charge in [-0.25, -0.2) is 0 Å². The number of hydrogen-bond acceptors (Lipinski definition) is 10. The Labute approximate surface area is 355 Å². The quantitative estimate of drug-likeness (QED) is 0.0688. The normalized spacial score (nSPS) is 23.7. The maximum atomic E-state index is 14.9. The number of aliphatic hydroxyl groups is 2. The van der Waals surface area contributed by atoms with Crippen LogP contribution < -0.4 is 9.47 Å². The summed E-state index contributed by atoms with van der Waals surface area (Å²) >= 11 is 0. The second-order valence-corrected chi connectivity index (χ2v) is 17.2. The van der Waals surface area contributed by atoms with Gasteiger partial charge in [0.25, 0.3) is 5.91 Å². The molecule has 320 valence electrons. The van der Waals surface area contributed by atoms with Crippen molar-refractivity contribution in [1.82, 2.24) is 9.88 Å². The number of aromatic nitrogens is 1. The second-order valence-electron chi connectivity index (χ2n) is 17.2. The third-order valence-corrected chi connectivity index (χ3v) is 11.8. The predicted octanol–water partition coefficient (Wildman–Crippen LogP) is 8.83. The first-order valence-corrected chi connectivity index (χ1v) is 21.6. The molecule has 0 spiro atoms. The Morgan fingerprint density at radius 3 is 2.50 bits per heavy atom. The highest BCUT2D eigenvalue weighted by Gasteiger charge is 2.65. The molecule has 2 heterocycles. The van der Waals surface area contributed by atoms with E-state index in [-0.39, 0.29) is 43.5 Å². The molecule has 3 aromatic rings. The highest BCUT2D eigenvalue weighted by atomic mass is 16.7. The Morgan fingerprint density at radius 2 is 1.83 bits per heavy atom. The van der Waals surface area contributed by atoms with E-state index in [0.717, 1.165) is 53.9 Å². The van der Waals surface area contributed by atoms with Crippen molar-refractivity contribution in [3.8, 4) is 17.6 Å². The Kier molecular flexibility index (Phi) is 14.9. The molecule has 11 nitrogen and oxygen atoms in total. The number of aliphatic hydroxyl groups excluding tert-OH is 2. The van der Waals surface area contributed by atoms with Crippen LogP contribution in [0.3, 0.4) is 0 Å². The Bertz CT molecular complexity index is 2050. The van der Waals surface area contributed by atoms with Gasteiger partial charge in [0.2, 0.25) is 5.79 Å². The molecule has 1 amide bonds. The minimum atomic E-state index is -1.38. The van der Waals surface area contributed by atoms with Gasteiger partial charge >= 0.3 is 0 Å². The maximum Gasteiger partial charge on any atom is 0.254 e. The van der Waals surface area contributed by atoms with E-state index in [4.69, 9.17) is 24.2 Å². The van der Waals surface area contributed by atoms with Gasteiger partial charge in [-0.1, -0.05) is 43.1 Å². The van der Waals surface area contributed by atoms with E-state index in [1.54, 1.807) is 30.3 Å². The minimum absolute atomic E-state index is 0.0735. The molecule has 6 atom stereocenters. The molecule has 1 aliphatic heterocycles. The van der Waals surface area contributed by atoms with E-state index in [9.17, 15) is 20.3 Å². The number of carbonyl (C=O) groups is 1. The number of carbonyl (C=O) groups excluding carboxylic acids is 1. The van der Waals surface area contributed by atoms with E-state index in [2.05, 4.69) is 29.8 Å². The average Bonchev–Trinajstić information content (AvgIpc) is 3.24. The van der Waals surface area contributed by atoms with Crippen LogP contribution >= 0.6 is 0 Å². The van der Waals surface area contributed by atoms with Gasteiger partial charge in [0.15, 0.2) is 0 Å². The first kappa shape index (κ1) is 44.5. The van der Waals surface area contributed by atoms with E-state index >= 15 is 0 Å². The standard InChI is InChI=1S/C49H62N4O7/c1-7-24-53(47(56)35-20-18-34(31-50)19-21-35)44-30-42(52-60-48(4,5)6)40-28-36(15-9-11-25-54)39(17-10-12-26-55)45-41-29-38(57-32-37-16-13-14-33(3)51-37)22-23-43(41)59-49(44,46(40)45)58-27-8-2/h8,13-14,16,18-23,28-29,36,39,44-46,54-55H,2,7,9-12,15,17,24-27,30,32H2,1,3-6H3. The minimum Gasteiger partial charge on any atom is -0.487 e. The maximum absolute atomic E-state index is 14.9. The number of benzene rings is 2. The van der Waals surface area contributed by atoms with Gasteiger partial charge in [-0.2, -0.15) is 5.26 Å². The van der Waals surface area contributed by atoms with E-state index < -0.39 is 23.3 Å². The molecule has 11 heteroatoms. The molecule has 0 bridgehead atoms. The molecular weight excluding hydrogens is 757 g/mol. The van der Waals surface area contributed by atoms with Gasteiger partial charge in [0.1, 0.15) is 29.7 Å². The van der Waals surface area contributed by atoms with Gasteiger partial charge in [-0.3, -0.25) is 9.78 Å². The number of ether oxygens (including phenoxy) is 3. The molecule has 0 radical (unpaired) electrons. The fourth-order valence-electron chi connectivity index (χ4n) is 9.26. The van der Waals surface area contributed by atoms with Crippen molar-refractivity contribution in [3.05, 3.63) is 113 Å². The number of pyridine rings is 1. The van der Waals surface area contributed by atoms with Crippen LogP contribution in [-0.2, 0) is 16.2 Å². The van der Waals surface area contributed by atoms with Gasteiger partial charge in [0, 0.05) is 48.9 Å². The van der Waals surface area contributed by atoms with Crippen LogP contribution in [0.5, 0.6) is 11.5 Å². The van der Waals surface area contributed by atoms with Crippen molar-refractivity contribution in [1.29, 1.82) is 5.26 Å². The second kappa shape index (κ2) is 20.0. The number of oxime groups is 1. The van der Waals surface area contributed by atoms with Crippen LogP contribution in [-0.4, -0.2) is 75.5 Å². The summed E-state index contributed by atoms with van der Waals surface area (Å²) in [5.74, 6) is -0.703. The van der Waals surface area contributed by atoms with Crippen molar-refractivity contribution in [3.63, 3.8) is 0 Å². The highest BCUT2D eigenvalue weighted by molar-refractivity contribution is 6.03. The number of hydrogen-bond donors (Lipinski definition) is 2. The van der Waals surface area contributed by atoms with Crippen molar-refractivity contribution in [2.24, 2.45) is 22.9 Å². The van der Waals surface area contributed by atoms with Crippen LogP contribution in [0.1, 0.15) is 118 Å². The molecule has 0 saturated heterocycles. The number of aryl methyl sites for hydroxylation is 1. The number of fused-ring (bicyclic) bond motifs is 2. The molecule has 2 aliphatic carbocycles. The summed E-state index contributed by atoms with van der Waals surface area (Å²) in [6.07, 6.45) is 9.70. The number of amides is 1. The first-order chi connectivity index (χ1) is 29.0. The van der Waals surface area contributed by atoms with Gasteiger partial charge in [-0.15, -0.1) is 6.58 Å². The Hall–Kier alpha value is -5.02. The molecule has 1 aromatic heterocycles. The van der Waals surface area contributed by atoms with E-state index in [0.29, 0.717) is 61.5 Å². The molecule has 3 aliphatic rings. The predicted molar refractivity (Wildman–Crippen MR) is 232 cm³/mol. The number of rotatable bonds is 19. The third kappa shape index (κ3) is 9.94. The van der Waals surface area contributed by atoms with Crippen molar-refractivity contribution in [2.75, 3.05) is 26.4 Å². The summed E-state index contributed by atoms with van der Waals surface area (Å²) in [6.45, 7) is 15.0. The Morgan fingerprint density at radius 1 is 1.08 bits per heavy atom. The van der Waals surface area contributed by atoms with Gasteiger partial charge in [-0.05, 0) is 132 Å². The van der Waals surface area contributed by atoms with Crippen LogP contribution in [0.4, 0.5) is 0 Å². The topological polar surface area (TPSA) is 147 Å². The summed E-state index contributed by atoms with van der Waals surface area (Å²) in [5.41, 5.74) is 4.77. The fraction of sp³-hybridized carbons (Fsp3) is 0.510. The monoisotopic (exact) mass is 818 g/mol. The lowest BCUT2D eigenvalue weighted by molar-refractivity contribution is -0.254. The van der Waals surface area contributed by atoms with Crippen LogP contribution in [0.15, 0.2) is 90.1 Å². The first-order valence-electron chi connectivity index (χ1n) is 21.6. The smallest absolute Gasteiger partial charge is 0.254 e. The molecule has 2 N–H and O–H groups in total. The number of nitrogens with zero attached hydrogens (tertiary/aromatic N) is 4. The van der Waals surface area contributed by atoms with Crippen LogP contribution in [0.25, 0.3) is 0 Å². The van der Waals surface area contributed by atoms with Crippen molar-refractivity contribution in [2.45, 2.75) is 116 Å². The molecular formula is C49H62N4O7. The van der Waals surface area contributed by atoms with Gasteiger partial charge in [0.05, 0.1) is 35.6 Å². The van der Waals surface area contributed by atoms with Crippen LogP contribution in [0, 0.1) is 36.0 Å². The summed E-state index contributed by atoms with van der Waals surface area (Å²) in [7, 11) is 0. The molecule has 2 aromatic carbocycles. The van der Waals surface area contributed by atoms with E-state index in [1.165, 1.54) is 0 Å². The number of unbranched alkanes of at least 4 members (excludes halogenated alkanes) is 2. The molecule has 6 unspecified atom stereocenters. The zero-order valence-corrected chi connectivity index (χ0v) is 35.9. The van der Waals surface area contributed by atoms with Crippen LogP contribution in [0.2, 0.25) is 0 Å². The fourth-order valence-corrected chi connectivity index (χ4v) is 9.26. The lowest BCUT2D eigenvalue weighted by Crippen LogP contribution is -2.70. The molecule has 1 fully saturated rings. The van der Waals surface area contributed by atoms with Crippen molar-refractivity contribution < 1.29 is 34.1 Å². The lowest BCUT2D eigenvalue weighted by Gasteiger charge is -2.60. The summed E-state index contributed by atoms with van der Waals surface area (Å²) in [5, 5.41) is 34.3. The molecule has 6 rings (SSSR count). The summed E-state index contributed by atoms with van der Waals surface area (Å²) < 4.78 is 20.9. The van der Waals surface area contributed by atoms with Crippen molar-refractivity contribution >= 4 is 11.6 Å². The zero-order chi connectivity index (χ0) is 42.9. The lowest BCUT2D eigenvalue weighted by atomic mass is 9.55. The summed E-state index contributed by atoms with van der Waals surface area (Å²) in [4.78, 5) is 27.7. The SMILES string of the molecule is C=CCOC12Oc3ccc(OCc4cccc(C)n4)cc3C3C(CCCCO)C(CCCCO)C=C(C(=NOC(C)(C)C)CC1N(CCC)C(=O)c1ccc(C#N)cc1)C32.